The van der Waals surface area contributed by atoms with Crippen molar-refractivity contribution in [3.05, 3.63) is 24.0 Å². The van der Waals surface area contributed by atoms with Gasteiger partial charge in [0, 0.05) is 44.2 Å². The molecule has 1 aromatic heterocycles. The van der Waals surface area contributed by atoms with Crippen molar-refractivity contribution in [2.75, 3.05) is 25.2 Å². The molecule has 21 heavy (non-hydrogen) atoms. The van der Waals surface area contributed by atoms with E-state index in [1.165, 1.54) is 18.5 Å². The molecule has 1 aliphatic rings. The Hall–Kier alpha value is -1.13. The lowest BCUT2D eigenvalue weighted by atomic mass is 10.1. The zero-order valence-corrected chi connectivity index (χ0v) is 13.8. The molecule has 1 aliphatic carbocycles. The van der Waals surface area contributed by atoms with Crippen molar-refractivity contribution in [3.8, 4) is 0 Å². The van der Waals surface area contributed by atoms with Gasteiger partial charge in [0.25, 0.3) is 0 Å². The Balaban J connectivity index is 2.08. The van der Waals surface area contributed by atoms with E-state index in [2.05, 4.69) is 48.1 Å². The molecule has 1 unspecified atom stereocenters. The Morgan fingerprint density at radius 1 is 1.38 bits per heavy atom. The molecular formula is C17H29N3O. The topological polar surface area (TPSA) is 37.4 Å². The summed E-state index contributed by atoms with van der Waals surface area (Å²) in [6.07, 6.45) is 4.64. The maximum Gasteiger partial charge on any atom is 0.0637 e. The first-order valence-corrected chi connectivity index (χ1v) is 8.05. The van der Waals surface area contributed by atoms with Crippen molar-refractivity contribution in [3.63, 3.8) is 0 Å². The van der Waals surface area contributed by atoms with E-state index >= 15 is 0 Å². The molecular weight excluding hydrogens is 262 g/mol. The molecule has 0 radical (unpaired) electrons. The molecule has 0 aromatic carbocycles. The van der Waals surface area contributed by atoms with Crippen LogP contribution in [0.5, 0.6) is 0 Å². The van der Waals surface area contributed by atoms with Gasteiger partial charge in [0.2, 0.25) is 0 Å². The van der Waals surface area contributed by atoms with Gasteiger partial charge in [0.1, 0.15) is 0 Å². The molecule has 4 nitrogen and oxygen atoms in total. The third kappa shape index (κ3) is 4.97. The summed E-state index contributed by atoms with van der Waals surface area (Å²) in [6, 6.07) is 5.39. The molecule has 0 bridgehead atoms. The van der Waals surface area contributed by atoms with Gasteiger partial charge in [0.15, 0.2) is 0 Å². The summed E-state index contributed by atoms with van der Waals surface area (Å²) in [5.41, 5.74) is 2.37. The van der Waals surface area contributed by atoms with Gasteiger partial charge in [-0.3, -0.25) is 4.98 Å². The lowest BCUT2D eigenvalue weighted by Crippen LogP contribution is -2.37. The molecule has 0 saturated heterocycles. The average Bonchev–Trinajstić information content (AvgIpc) is 3.30. The van der Waals surface area contributed by atoms with E-state index in [4.69, 9.17) is 4.74 Å². The highest BCUT2D eigenvalue weighted by atomic mass is 16.5. The summed E-state index contributed by atoms with van der Waals surface area (Å²) in [7, 11) is 1.77. The minimum absolute atomic E-state index is 0.477. The lowest BCUT2D eigenvalue weighted by molar-refractivity contribution is 0.202. The molecule has 0 spiro atoms. The number of hydrogen-bond donors (Lipinski definition) is 1. The van der Waals surface area contributed by atoms with Crippen LogP contribution in [0.4, 0.5) is 5.69 Å². The second kappa shape index (κ2) is 7.76. The van der Waals surface area contributed by atoms with Crippen LogP contribution < -0.4 is 10.2 Å². The van der Waals surface area contributed by atoms with Crippen molar-refractivity contribution in [1.29, 1.82) is 0 Å². The quantitative estimate of drug-likeness (QED) is 0.759. The Morgan fingerprint density at radius 3 is 2.76 bits per heavy atom. The Bertz CT molecular complexity index is 432. The largest absolute Gasteiger partial charge is 0.383 e. The van der Waals surface area contributed by atoms with Crippen LogP contribution in [0.15, 0.2) is 18.3 Å². The van der Waals surface area contributed by atoms with E-state index in [0.717, 1.165) is 31.3 Å². The zero-order chi connectivity index (χ0) is 15.2. The van der Waals surface area contributed by atoms with Crippen molar-refractivity contribution >= 4 is 5.69 Å². The molecule has 4 heteroatoms. The number of methoxy groups -OCH3 is 1. The maximum absolute atomic E-state index is 5.28. The van der Waals surface area contributed by atoms with Gasteiger partial charge in [-0.05, 0) is 37.8 Å². The standard InChI is InChI=1S/C17H29N3O/c1-13(2)19-12-16-11-17(7-8-18-16)20(9-10-21-4)14(3)15-5-6-15/h7-8,11,13-15,19H,5-6,9-10,12H2,1-4H3. The molecule has 2 rings (SSSR count). The van der Waals surface area contributed by atoms with Crippen molar-refractivity contribution in [1.82, 2.24) is 10.3 Å². The van der Waals surface area contributed by atoms with E-state index in [1.807, 2.05) is 6.20 Å². The number of hydrogen-bond acceptors (Lipinski definition) is 4. The van der Waals surface area contributed by atoms with E-state index in [-0.39, 0.29) is 0 Å². The Kier molecular flexibility index (Phi) is 6.00. The van der Waals surface area contributed by atoms with Crippen LogP contribution in [-0.4, -0.2) is 37.3 Å². The van der Waals surface area contributed by atoms with Gasteiger partial charge in [-0.15, -0.1) is 0 Å². The summed E-state index contributed by atoms with van der Waals surface area (Å²) < 4.78 is 5.28. The number of pyridine rings is 1. The number of rotatable bonds is 9. The Morgan fingerprint density at radius 2 is 2.14 bits per heavy atom. The molecule has 1 atom stereocenters. The van der Waals surface area contributed by atoms with Crippen LogP contribution in [0, 0.1) is 5.92 Å². The fourth-order valence-electron chi connectivity index (χ4n) is 2.64. The fourth-order valence-corrected chi connectivity index (χ4v) is 2.64. The highest BCUT2D eigenvalue weighted by Crippen LogP contribution is 2.36. The minimum atomic E-state index is 0.477. The normalized spacial score (nSPS) is 16.2. The molecule has 1 heterocycles. The SMILES string of the molecule is COCCN(c1ccnc(CNC(C)C)c1)C(C)C1CC1. The predicted octanol–water partition coefficient (Wildman–Crippen LogP) is 2.83. The van der Waals surface area contributed by atoms with Gasteiger partial charge in [-0.25, -0.2) is 0 Å². The Labute approximate surface area is 128 Å². The van der Waals surface area contributed by atoms with Gasteiger partial charge >= 0.3 is 0 Å². The van der Waals surface area contributed by atoms with E-state index in [0.29, 0.717) is 12.1 Å². The predicted molar refractivity (Wildman–Crippen MR) is 87.6 cm³/mol. The summed E-state index contributed by atoms with van der Waals surface area (Å²) in [4.78, 5) is 6.95. The molecule has 1 aromatic rings. The van der Waals surface area contributed by atoms with Gasteiger partial charge < -0.3 is 15.0 Å². The first-order valence-electron chi connectivity index (χ1n) is 8.05. The smallest absolute Gasteiger partial charge is 0.0637 e. The molecule has 0 amide bonds. The monoisotopic (exact) mass is 291 g/mol. The number of nitrogens with zero attached hydrogens (tertiary/aromatic N) is 2. The number of anilines is 1. The van der Waals surface area contributed by atoms with Crippen LogP contribution in [-0.2, 0) is 11.3 Å². The maximum atomic E-state index is 5.28. The second-order valence-corrected chi connectivity index (χ2v) is 6.31. The molecule has 0 aliphatic heterocycles. The average molecular weight is 291 g/mol. The van der Waals surface area contributed by atoms with Crippen LogP contribution in [0.3, 0.4) is 0 Å². The second-order valence-electron chi connectivity index (χ2n) is 6.31. The summed E-state index contributed by atoms with van der Waals surface area (Å²) in [5.74, 6) is 0.840. The minimum Gasteiger partial charge on any atom is -0.383 e. The van der Waals surface area contributed by atoms with E-state index in [1.54, 1.807) is 7.11 Å². The van der Waals surface area contributed by atoms with Crippen LogP contribution >= 0.6 is 0 Å². The highest BCUT2D eigenvalue weighted by Gasteiger charge is 2.32. The third-order valence-electron chi connectivity index (χ3n) is 4.16. The van der Waals surface area contributed by atoms with Crippen molar-refractivity contribution in [2.45, 2.75) is 52.2 Å². The summed E-state index contributed by atoms with van der Waals surface area (Å²) >= 11 is 0. The first-order chi connectivity index (χ1) is 10.1. The number of nitrogens with one attached hydrogen (secondary N) is 1. The summed E-state index contributed by atoms with van der Waals surface area (Å²) in [6.45, 7) is 9.17. The fraction of sp³-hybridized carbons (Fsp3) is 0.706. The zero-order valence-electron chi connectivity index (χ0n) is 13.8. The van der Waals surface area contributed by atoms with E-state index < -0.39 is 0 Å². The van der Waals surface area contributed by atoms with E-state index in [9.17, 15) is 0 Å². The number of aromatic nitrogens is 1. The summed E-state index contributed by atoms with van der Waals surface area (Å²) in [5, 5.41) is 3.43. The van der Waals surface area contributed by atoms with Crippen molar-refractivity contribution < 1.29 is 4.74 Å². The highest BCUT2D eigenvalue weighted by molar-refractivity contribution is 5.48. The number of ether oxygens (including phenoxy) is 1. The lowest BCUT2D eigenvalue weighted by Gasteiger charge is -2.31. The molecule has 1 fully saturated rings. The molecule has 1 N–H and O–H groups in total. The van der Waals surface area contributed by atoms with Gasteiger partial charge in [-0.2, -0.15) is 0 Å². The van der Waals surface area contributed by atoms with Gasteiger partial charge in [0.05, 0.1) is 12.3 Å². The first kappa shape index (κ1) is 16.2. The van der Waals surface area contributed by atoms with Crippen molar-refractivity contribution in [2.24, 2.45) is 5.92 Å². The van der Waals surface area contributed by atoms with Crippen LogP contribution in [0.1, 0.15) is 39.3 Å². The van der Waals surface area contributed by atoms with Crippen LogP contribution in [0.2, 0.25) is 0 Å². The van der Waals surface area contributed by atoms with Gasteiger partial charge in [-0.1, -0.05) is 13.8 Å². The molecule has 118 valence electrons. The van der Waals surface area contributed by atoms with Crippen LogP contribution in [0.25, 0.3) is 0 Å². The molecule has 1 saturated carbocycles. The third-order valence-corrected chi connectivity index (χ3v) is 4.16.